The van der Waals surface area contributed by atoms with Gasteiger partial charge in [0, 0.05) is 10.9 Å². The van der Waals surface area contributed by atoms with Crippen molar-refractivity contribution in [1.29, 1.82) is 0 Å². The van der Waals surface area contributed by atoms with Crippen LogP contribution in [0, 0.1) is 13.8 Å². The minimum Gasteiger partial charge on any atom is -0.426 e. The van der Waals surface area contributed by atoms with Gasteiger partial charge < -0.3 is 4.74 Å². The van der Waals surface area contributed by atoms with E-state index in [0.717, 1.165) is 5.56 Å². The van der Waals surface area contributed by atoms with E-state index in [9.17, 15) is 8.42 Å². The number of nitrogens with zero attached hydrogens (tertiary/aromatic N) is 4. The Kier molecular flexibility index (Phi) is 4.38. The van der Waals surface area contributed by atoms with Gasteiger partial charge in [-0.3, -0.25) is 4.57 Å². The fraction of sp³-hybridized carbons (Fsp3) is 0.250. The molecular formula is C20H20N5O3S2+. The summed E-state index contributed by atoms with van der Waals surface area (Å²) in [6.07, 6.45) is 1.00. The van der Waals surface area contributed by atoms with Gasteiger partial charge in [-0.2, -0.15) is 4.72 Å². The quantitative estimate of drug-likeness (QED) is 0.491. The SMILES string of the molecule is CCn1c(C2NS(=O)(=O)c3c(C)ccc4ns[n+]2c34)cnc1Oc1ccc(C)cc1. The fourth-order valence-corrected chi connectivity index (χ4v) is 6.28. The zero-order chi connectivity index (χ0) is 21.0. The molecule has 0 spiro atoms. The molecule has 0 aliphatic carbocycles. The number of aromatic nitrogens is 4. The molecule has 0 bridgehead atoms. The van der Waals surface area contributed by atoms with Crippen molar-refractivity contribution in [2.24, 2.45) is 0 Å². The molecule has 0 saturated heterocycles. The number of ether oxygens (including phenoxy) is 1. The Hall–Kier alpha value is -2.82. The normalized spacial score (nSPS) is 17.4. The molecule has 10 heteroatoms. The first-order valence-corrected chi connectivity index (χ1v) is 11.7. The van der Waals surface area contributed by atoms with E-state index in [2.05, 4.69) is 14.1 Å². The molecule has 30 heavy (non-hydrogen) atoms. The van der Waals surface area contributed by atoms with Crippen LogP contribution in [0.25, 0.3) is 11.0 Å². The molecule has 1 unspecified atom stereocenters. The number of nitrogens with one attached hydrogen (secondary N) is 1. The first-order chi connectivity index (χ1) is 14.4. The summed E-state index contributed by atoms with van der Waals surface area (Å²) in [5.74, 6) is 0.672. The molecule has 0 radical (unpaired) electrons. The maximum Gasteiger partial charge on any atom is 0.302 e. The maximum atomic E-state index is 13.1. The molecule has 0 saturated carbocycles. The number of hydrogen-bond donors (Lipinski definition) is 1. The molecule has 5 rings (SSSR count). The first kappa shape index (κ1) is 19.2. The van der Waals surface area contributed by atoms with Crippen LogP contribution < -0.4 is 13.4 Å². The van der Waals surface area contributed by atoms with E-state index >= 15 is 0 Å². The van der Waals surface area contributed by atoms with Crippen LogP contribution in [0.3, 0.4) is 0 Å². The molecule has 2 aromatic heterocycles. The fourth-order valence-electron chi connectivity index (χ4n) is 3.73. The van der Waals surface area contributed by atoms with E-state index in [1.165, 1.54) is 11.7 Å². The van der Waals surface area contributed by atoms with Crippen LogP contribution >= 0.6 is 11.7 Å². The minimum absolute atomic E-state index is 0.281. The Labute approximate surface area is 178 Å². The van der Waals surface area contributed by atoms with Crippen LogP contribution in [0.2, 0.25) is 0 Å². The Morgan fingerprint density at radius 3 is 2.70 bits per heavy atom. The Bertz CT molecular complexity index is 1370. The summed E-state index contributed by atoms with van der Waals surface area (Å²) in [6, 6.07) is 11.7. The monoisotopic (exact) mass is 442 g/mol. The van der Waals surface area contributed by atoms with Gasteiger partial charge in [0.2, 0.25) is 27.2 Å². The summed E-state index contributed by atoms with van der Waals surface area (Å²) >= 11 is 1.23. The van der Waals surface area contributed by atoms with E-state index in [-0.39, 0.29) is 4.90 Å². The highest BCUT2D eigenvalue weighted by Gasteiger charge is 2.42. The molecule has 1 aliphatic rings. The Morgan fingerprint density at radius 1 is 1.20 bits per heavy atom. The van der Waals surface area contributed by atoms with Gasteiger partial charge in [-0.05, 0) is 44.5 Å². The third-order valence-electron chi connectivity index (χ3n) is 5.20. The van der Waals surface area contributed by atoms with Crippen molar-refractivity contribution in [3.05, 3.63) is 59.4 Å². The van der Waals surface area contributed by atoms with Gasteiger partial charge in [-0.15, -0.1) is 3.96 Å². The third kappa shape index (κ3) is 2.91. The Balaban J connectivity index is 1.63. The lowest BCUT2D eigenvalue weighted by Crippen LogP contribution is -2.52. The summed E-state index contributed by atoms with van der Waals surface area (Å²) in [7, 11) is -3.71. The second-order valence-electron chi connectivity index (χ2n) is 7.23. The smallest absolute Gasteiger partial charge is 0.302 e. The molecule has 4 aromatic rings. The van der Waals surface area contributed by atoms with Crippen LogP contribution in [0.1, 0.15) is 29.9 Å². The van der Waals surface area contributed by atoms with Crippen LogP contribution in [0.5, 0.6) is 11.8 Å². The second-order valence-corrected chi connectivity index (χ2v) is 9.62. The second kappa shape index (κ2) is 6.86. The van der Waals surface area contributed by atoms with Crippen LogP contribution in [-0.4, -0.2) is 22.3 Å². The maximum absolute atomic E-state index is 13.1. The summed E-state index contributed by atoms with van der Waals surface area (Å²) in [5.41, 5.74) is 3.79. The summed E-state index contributed by atoms with van der Waals surface area (Å²) in [6.45, 7) is 6.34. The van der Waals surface area contributed by atoms with Crippen molar-refractivity contribution in [2.45, 2.75) is 38.4 Å². The standard InChI is InChI=1S/C20H20N5O3S2/c1-4-24-16(11-21-20(24)28-14-8-5-12(2)6-9-14)19-23-30(26,27)18-13(3)7-10-15-17(18)25(19)29-22-15/h5-11,19,23H,4H2,1-3H3/q+1. The number of sulfonamides is 1. The number of benzene rings is 2. The van der Waals surface area contributed by atoms with Crippen molar-refractivity contribution in [1.82, 2.24) is 18.6 Å². The topological polar surface area (TPSA) is 90.0 Å². The first-order valence-electron chi connectivity index (χ1n) is 9.52. The molecule has 2 aromatic carbocycles. The summed E-state index contributed by atoms with van der Waals surface area (Å²) < 4.78 is 43.1. The molecule has 8 nitrogen and oxygen atoms in total. The van der Waals surface area contributed by atoms with Crippen molar-refractivity contribution in [3.63, 3.8) is 0 Å². The van der Waals surface area contributed by atoms with Crippen LogP contribution in [0.4, 0.5) is 0 Å². The molecule has 0 fully saturated rings. The van der Waals surface area contributed by atoms with Crippen molar-refractivity contribution in [3.8, 4) is 11.8 Å². The van der Waals surface area contributed by atoms with Gasteiger partial charge >= 0.3 is 6.01 Å². The summed E-state index contributed by atoms with van der Waals surface area (Å²) in [4.78, 5) is 4.71. The molecule has 1 aliphatic heterocycles. The average Bonchev–Trinajstić information content (AvgIpc) is 3.31. The zero-order valence-electron chi connectivity index (χ0n) is 16.7. The number of hydrogen-bond acceptors (Lipinski definition) is 6. The van der Waals surface area contributed by atoms with Gasteiger partial charge in [-0.25, -0.2) is 13.4 Å². The van der Waals surface area contributed by atoms with Gasteiger partial charge in [-0.1, -0.05) is 23.8 Å². The number of imidazole rings is 1. The van der Waals surface area contributed by atoms with E-state index in [4.69, 9.17) is 4.74 Å². The predicted octanol–water partition coefficient (Wildman–Crippen LogP) is 3.05. The zero-order valence-corrected chi connectivity index (χ0v) is 18.3. The highest BCUT2D eigenvalue weighted by Crippen LogP contribution is 2.32. The highest BCUT2D eigenvalue weighted by molar-refractivity contribution is 7.89. The van der Waals surface area contributed by atoms with Crippen LogP contribution in [0.15, 0.2) is 47.5 Å². The molecular weight excluding hydrogens is 422 g/mol. The minimum atomic E-state index is -3.71. The summed E-state index contributed by atoms with van der Waals surface area (Å²) in [5, 5.41) is 0. The van der Waals surface area contributed by atoms with Crippen LogP contribution in [-0.2, 0) is 16.6 Å². The van der Waals surface area contributed by atoms with E-state index < -0.39 is 16.2 Å². The Morgan fingerprint density at radius 2 is 1.97 bits per heavy atom. The van der Waals surface area contributed by atoms with E-state index in [1.54, 1.807) is 19.2 Å². The molecule has 1 atom stereocenters. The number of rotatable bonds is 4. The third-order valence-corrected chi connectivity index (χ3v) is 7.63. The van der Waals surface area contributed by atoms with Crippen molar-refractivity contribution in [2.75, 3.05) is 0 Å². The van der Waals surface area contributed by atoms with Gasteiger partial charge in [0.05, 0.1) is 6.20 Å². The largest absolute Gasteiger partial charge is 0.426 e. The molecule has 3 heterocycles. The van der Waals surface area contributed by atoms with Crippen molar-refractivity contribution < 1.29 is 17.1 Å². The molecule has 1 N–H and O–H groups in total. The van der Waals surface area contributed by atoms with Gasteiger partial charge in [0.25, 0.3) is 11.7 Å². The molecule has 154 valence electrons. The van der Waals surface area contributed by atoms with Crippen molar-refractivity contribution >= 4 is 32.8 Å². The lowest BCUT2D eigenvalue weighted by Gasteiger charge is -2.22. The lowest BCUT2D eigenvalue weighted by molar-refractivity contribution is -0.629. The lowest BCUT2D eigenvalue weighted by atomic mass is 10.2. The van der Waals surface area contributed by atoms with Gasteiger partial charge in [0.15, 0.2) is 0 Å². The predicted molar refractivity (Wildman–Crippen MR) is 112 cm³/mol. The van der Waals surface area contributed by atoms with E-state index in [1.807, 2.05) is 52.7 Å². The van der Waals surface area contributed by atoms with E-state index in [0.29, 0.717) is 40.6 Å². The molecule has 0 amide bonds. The number of aryl methyl sites for hydroxylation is 2. The van der Waals surface area contributed by atoms with Gasteiger partial charge in [0.1, 0.15) is 16.3 Å². The highest BCUT2D eigenvalue weighted by atomic mass is 32.2. The average molecular weight is 443 g/mol.